The van der Waals surface area contributed by atoms with Gasteiger partial charge in [-0.3, -0.25) is 4.99 Å². The zero-order valence-corrected chi connectivity index (χ0v) is 17.2. The Morgan fingerprint density at radius 1 is 1.45 bits per heavy atom. The molecule has 22 heavy (non-hydrogen) atoms. The molecule has 0 fully saturated rings. The summed E-state index contributed by atoms with van der Waals surface area (Å²) < 4.78 is 5.25. The molecule has 0 saturated heterocycles. The molecule has 0 saturated carbocycles. The molecule has 0 atom stereocenters. The number of aromatic nitrogens is 1. The van der Waals surface area contributed by atoms with E-state index in [-0.39, 0.29) is 29.4 Å². The molecule has 0 unspecified atom stereocenters. The van der Waals surface area contributed by atoms with E-state index in [1.807, 2.05) is 6.92 Å². The van der Waals surface area contributed by atoms with Gasteiger partial charge in [0.25, 0.3) is 0 Å². The van der Waals surface area contributed by atoms with Crippen molar-refractivity contribution in [1.82, 2.24) is 10.3 Å². The summed E-state index contributed by atoms with van der Waals surface area (Å²) in [6, 6.07) is 0. The first kappa shape index (κ1) is 21.6. The maximum Gasteiger partial charge on any atom is 0.188 e. The van der Waals surface area contributed by atoms with Crippen LogP contribution in [-0.4, -0.2) is 37.2 Å². The molecule has 0 bridgehead atoms. The summed E-state index contributed by atoms with van der Waals surface area (Å²) in [5.41, 5.74) is 7.04. The lowest BCUT2D eigenvalue weighted by molar-refractivity contribution is 0.146. The third-order valence-electron chi connectivity index (χ3n) is 2.81. The van der Waals surface area contributed by atoms with Crippen molar-refractivity contribution in [2.75, 3.05) is 26.3 Å². The average Bonchev–Trinajstić information content (AvgIpc) is 2.87. The van der Waals surface area contributed by atoms with Crippen molar-refractivity contribution in [1.29, 1.82) is 0 Å². The van der Waals surface area contributed by atoms with Gasteiger partial charge >= 0.3 is 0 Å². The predicted octanol–water partition coefficient (Wildman–Crippen LogP) is 2.93. The fourth-order valence-corrected chi connectivity index (χ4v) is 2.59. The summed E-state index contributed by atoms with van der Waals surface area (Å²) in [5, 5.41) is 6.42. The first-order chi connectivity index (χ1) is 9.93. The van der Waals surface area contributed by atoms with Crippen LogP contribution in [0.1, 0.15) is 44.8 Å². The molecule has 1 aromatic rings. The second-order valence-corrected chi connectivity index (χ2v) is 6.75. The standard InChI is InChI=1S/C15H28N4OS.HI/c1-5-20-10-6-8-17-14(16)18-9-7-12-11-21-13(19-12)15(2,3)4;/h11H,5-10H2,1-4H3,(H3,16,17,18);1H. The number of nitrogens with two attached hydrogens (primary N) is 1. The van der Waals surface area contributed by atoms with E-state index >= 15 is 0 Å². The minimum Gasteiger partial charge on any atom is -0.382 e. The minimum atomic E-state index is 0. The summed E-state index contributed by atoms with van der Waals surface area (Å²) >= 11 is 1.72. The zero-order chi connectivity index (χ0) is 15.7. The van der Waals surface area contributed by atoms with E-state index in [9.17, 15) is 0 Å². The van der Waals surface area contributed by atoms with Crippen molar-refractivity contribution in [2.45, 2.75) is 46.0 Å². The van der Waals surface area contributed by atoms with Crippen molar-refractivity contribution >= 4 is 41.3 Å². The quantitative estimate of drug-likeness (QED) is 0.282. The van der Waals surface area contributed by atoms with Gasteiger partial charge in [0.1, 0.15) is 0 Å². The molecule has 1 rings (SSSR count). The van der Waals surface area contributed by atoms with Crippen LogP contribution >= 0.6 is 35.3 Å². The number of ether oxygens (including phenoxy) is 1. The van der Waals surface area contributed by atoms with Gasteiger partial charge in [0.2, 0.25) is 0 Å². The van der Waals surface area contributed by atoms with E-state index in [0.717, 1.165) is 38.3 Å². The number of aliphatic imine (C=N–C) groups is 1. The highest BCUT2D eigenvalue weighted by Crippen LogP contribution is 2.25. The second-order valence-electron chi connectivity index (χ2n) is 5.89. The van der Waals surface area contributed by atoms with Crippen LogP contribution in [0.5, 0.6) is 0 Å². The van der Waals surface area contributed by atoms with Gasteiger partial charge in [-0.15, -0.1) is 35.3 Å². The zero-order valence-electron chi connectivity index (χ0n) is 14.0. The number of thiazole rings is 1. The van der Waals surface area contributed by atoms with E-state index in [1.54, 1.807) is 11.3 Å². The Morgan fingerprint density at radius 3 is 2.77 bits per heavy atom. The number of nitrogens with zero attached hydrogens (tertiary/aromatic N) is 2. The molecule has 0 amide bonds. The Morgan fingerprint density at radius 2 is 2.18 bits per heavy atom. The van der Waals surface area contributed by atoms with Crippen LogP contribution in [0.15, 0.2) is 10.4 Å². The summed E-state index contributed by atoms with van der Waals surface area (Å²) in [5.74, 6) is 0.498. The lowest BCUT2D eigenvalue weighted by Crippen LogP contribution is -2.33. The molecule has 7 heteroatoms. The molecule has 1 aromatic heterocycles. The van der Waals surface area contributed by atoms with Gasteiger partial charge in [-0.2, -0.15) is 0 Å². The van der Waals surface area contributed by atoms with Crippen LogP contribution in [0.4, 0.5) is 0 Å². The molecule has 0 aliphatic rings. The van der Waals surface area contributed by atoms with Crippen molar-refractivity contribution in [2.24, 2.45) is 10.7 Å². The first-order valence-corrected chi connectivity index (χ1v) is 8.38. The van der Waals surface area contributed by atoms with Crippen LogP contribution in [0.25, 0.3) is 0 Å². The van der Waals surface area contributed by atoms with Gasteiger partial charge in [0, 0.05) is 43.5 Å². The molecule has 0 aliphatic carbocycles. The largest absolute Gasteiger partial charge is 0.382 e. The Kier molecular flexibility index (Phi) is 11.0. The van der Waals surface area contributed by atoms with Crippen LogP contribution < -0.4 is 11.1 Å². The molecule has 128 valence electrons. The Hall–Kier alpha value is -0.410. The number of halogens is 1. The van der Waals surface area contributed by atoms with E-state index in [4.69, 9.17) is 10.5 Å². The number of nitrogens with one attached hydrogen (secondary N) is 1. The van der Waals surface area contributed by atoms with Gasteiger partial charge in [-0.25, -0.2) is 4.98 Å². The minimum absolute atomic E-state index is 0. The van der Waals surface area contributed by atoms with Crippen LogP contribution in [0, 0.1) is 0 Å². The third-order valence-corrected chi connectivity index (χ3v) is 4.13. The van der Waals surface area contributed by atoms with Crippen molar-refractivity contribution in [3.8, 4) is 0 Å². The Bertz CT molecular complexity index is 443. The fourth-order valence-electron chi connectivity index (χ4n) is 1.65. The van der Waals surface area contributed by atoms with Gasteiger partial charge in [-0.1, -0.05) is 20.8 Å². The molecular formula is C15H29IN4OS. The van der Waals surface area contributed by atoms with E-state index in [2.05, 4.69) is 41.4 Å². The molecule has 3 N–H and O–H groups in total. The number of rotatable bonds is 8. The summed E-state index contributed by atoms with van der Waals surface area (Å²) in [6.45, 7) is 11.5. The normalized spacial score (nSPS) is 12.1. The number of guanidine groups is 1. The summed E-state index contributed by atoms with van der Waals surface area (Å²) in [6.07, 6.45) is 1.76. The molecule has 5 nitrogen and oxygen atoms in total. The molecule has 1 heterocycles. The lowest BCUT2D eigenvalue weighted by atomic mass is 9.98. The Labute approximate surface area is 155 Å². The number of hydrogen-bond acceptors (Lipinski definition) is 4. The van der Waals surface area contributed by atoms with E-state index in [0.29, 0.717) is 12.5 Å². The van der Waals surface area contributed by atoms with Gasteiger partial charge in [0.15, 0.2) is 5.96 Å². The van der Waals surface area contributed by atoms with Crippen molar-refractivity contribution in [3.05, 3.63) is 16.1 Å². The van der Waals surface area contributed by atoms with E-state index in [1.165, 1.54) is 5.01 Å². The molecule has 0 spiro atoms. The van der Waals surface area contributed by atoms with Crippen LogP contribution in [0.3, 0.4) is 0 Å². The molecular weight excluding hydrogens is 411 g/mol. The predicted molar refractivity (Wildman–Crippen MR) is 106 cm³/mol. The monoisotopic (exact) mass is 440 g/mol. The molecule has 0 radical (unpaired) electrons. The Balaban J connectivity index is 0.00000441. The van der Waals surface area contributed by atoms with Gasteiger partial charge in [0.05, 0.1) is 10.7 Å². The highest BCUT2D eigenvalue weighted by atomic mass is 127. The summed E-state index contributed by atoms with van der Waals surface area (Å²) in [4.78, 5) is 8.91. The van der Waals surface area contributed by atoms with E-state index < -0.39 is 0 Å². The highest BCUT2D eigenvalue weighted by Gasteiger charge is 2.17. The molecule has 0 aliphatic heterocycles. The van der Waals surface area contributed by atoms with Gasteiger partial charge < -0.3 is 15.8 Å². The first-order valence-electron chi connectivity index (χ1n) is 7.50. The second kappa shape index (κ2) is 11.2. The SMILES string of the molecule is CCOCCCN=C(N)NCCc1csc(C(C)(C)C)n1.I. The van der Waals surface area contributed by atoms with Crippen molar-refractivity contribution < 1.29 is 4.74 Å². The summed E-state index contributed by atoms with van der Waals surface area (Å²) in [7, 11) is 0. The lowest BCUT2D eigenvalue weighted by Gasteiger charge is -2.13. The maximum atomic E-state index is 5.81. The molecule has 0 aromatic carbocycles. The van der Waals surface area contributed by atoms with Crippen molar-refractivity contribution in [3.63, 3.8) is 0 Å². The number of hydrogen-bond donors (Lipinski definition) is 2. The topological polar surface area (TPSA) is 72.5 Å². The fraction of sp³-hybridized carbons (Fsp3) is 0.733. The third kappa shape index (κ3) is 8.89. The highest BCUT2D eigenvalue weighted by molar-refractivity contribution is 14.0. The van der Waals surface area contributed by atoms with Crippen LogP contribution in [-0.2, 0) is 16.6 Å². The van der Waals surface area contributed by atoms with Gasteiger partial charge in [-0.05, 0) is 13.3 Å². The average molecular weight is 440 g/mol. The maximum absolute atomic E-state index is 5.81. The smallest absolute Gasteiger partial charge is 0.188 e. The van der Waals surface area contributed by atoms with Crippen LogP contribution in [0.2, 0.25) is 0 Å².